The van der Waals surface area contributed by atoms with Crippen LogP contribution in [0.1, 0.15) is 26.3 Å². The van der Waals surface area contributed by atoms with E-state index in [2.05, 4.69) is 10.3 Å². The second kappa shape index (κ2) is 5.00. The Morgan fingerprint density at radius 1 is 1.25 bits per heavy atom. The van der Waals surface area contributed by atoms with Crippen molar-refractivity contribution in [3.05, 3.63) is 40.3 Å². The van der Waals surface area contributed by atoms with Crippen LogP contribution >= 0.6 is 0 Å². The van der Waals surface area contributed by atoms with Gasteiger partial charge in [0.2, 0.25) is 0 Å². The van der Waals surface area contributed by atoms with Gasteiger partial charge in [0.25, 0.3) is 5.56 Å². The standard InChI is InChI=1S/C15H18N2O3/c1-9-8-16-13(18)11-6-5-10(7-12(9)11)17-14(19)20-15(2,3)4/h5-8H,1-4H3,(H,16,18)(H,17,19). The number of rotatable bonds is 1. The molecule has 1 aromatic carbocycles. The maximum Gasteiger partial charge on any atom is 0.412 e. The van der Waals surface area contributed by atoms with Crippen molar-refractivity contribution in [1.82, 2.24) is 4.98 Å². The predicted molar refractivity (Wildman–Crippen MR) is 79.2 cm³/mol. The van der Waals surface area contributed by atoms with E-state index < -0.39 is 11.7 Å². The second-order valence-corrected chi connectivity index (χ2v) is 5.69. The minimum atomic E-state index is -0.548. The fraction of sp³-hybridized carbons (Fsp3) is 0.333. The number of nitrogens with one attached hydrogen (secondary N) is 2. The number of carbonyl (C=O) groups excluding carboxylic acids is 1. The van der Waals surface area contributed by atoms with Crippen molar-refractivity contribution < 1.29 is 9.53 Å². The van der Waals surface area contributed by atoms with Crippen LogP contribution in [0, 0.1) is 6.92 Å². The molecule has 1 heterocycles. The fourth-order valence-corrected chi connectivity index (χ4v) is 1.90. The number of amides is 1. The number of pyridine rings is 1. The normalized spacial score (nSPS) is 11.4. The maximum atomic E-state index is 11.7. The van der Waals surface area contributed by atoms with Crippen LogP contribution in [0.15, 0.2) is 29.2 Å². The average molecular weight is 274 g/mol. The van der Waals surface area contributed by atoms with Gasteiger partial charge < -0.3 is 9.72 Å². The van der Waals surface area contributed by atoms with Crippen molar-refractivity contribution in [2.75, 3.05) is 5.32 Å². The number of aromatic amines is 1. The highest BCUT2D eigenvalue weighted by Crippen LogP contribution is 2.20. The Morgan fingerprint density at radius 3 is 2.60 bits per heavy atom. The summed E-state index contributed by atoms with van der Waals surface area (Å²) in [5.41, 5.74) is 0.843. The fourth-order valence-electron chi connectivity index (χ4n) is 1.90. The van der Waals surface area contributed by atoms with Crippen molar-refractivity contribution >= 4 is 22.6 Å². The molecule has 1 amide bonds. The first-order chi connectivity index (χ1) is 9.26. The number of carbonyl (C=O) groups is 1. The number of aromatic nitrogens is 1. The summed E-state index contributed by atoms with van der Waals surface area (Å²) in [5, 5.41) is 4.07. The van der Waals surface area contributed by atoms with E-state index in [0.717, 1.165) is 10.9 Å². The molecule has 2 aromatic rings. The molecule has 0 radical (unpaired) electrons. The quantitative estimate of drug-likeness (QED) is 0.839. The van der Waals surface area contributed by atoms with Crippen LogP contribution in [-0.4, -0.2) is 16.7 Å². The Kier molecular flexibility index (Phi) is 3.53. The van der Waals surface area contributed by atoms with Gasteiger partial charge >= 0.3 is 6.09 Å². The number of hydrogen-bond acceptors (Lipinski definition) is 3. The molecule has 5 nitrogen and oxygen atoms in total. The zero-order valence-corrected chi connectivity index (χ0v) is 12.0. The number of benzene rings is 1. The van der Waals surface area contributed by atoms with Gasteiger partial charge in [0.15, 0.2) is 0 Å². The van der Waals surface area contributed by atoms with E-state index in [1.54, 1.807) is 45.2 Å². The molecule has 0 atom stereocenters. The number of H-pyrrole nitrogens is 1. The summed E-state index contributed by atoms with van der Waals surface area (Å²) < 4.78 is 5.19. The largest absolute Gasteiger partial charge is 0.444 e. The summed E-state index contributed by atoms with van der Waals surface area (Å²) in [4.78, 5) is 26.1. The van der Waals surface area contributed by atoms with Crippen LogP contribution in [0.4, 0.5) is 10.5 Å². The lowest BCUT2D eigenvalue weighted by atomic mass is 10.1. The molecule has 0 bridgehead atoms. The van der Waals surface area contributed by atoms with E-state index in [9.17, 15) is 9.59 Å². The molecule has 0 aliphatic rings. The summed E-state index contributed by atoms with van der Waals surface area (Å²) in [6, 6.07) is 5.14. The Bertz CT molecular complexity index is 711. The zero-order chi connectivity index (χ0) is 14.9. The van der Waals surface area contributed by atoms with Gasteiger partial charge in [-0.25, -0.2) is 4.79 Å². The molecule has 2 N–H and O–H groups in total. The molecule has 0 saturated heterocycles. The van der Waals surface area contributed by atoms with Gasteiger partial charge in [0, 0.05) is 17.3 Å². The zero-order valence-electron chi connectivity index (χ0n) is 12.0. The highest BCUT2D eigenvalue weighted by molar-refractivity contribution is 5.92. The van der Waals surface area contributed by atoms with Gasteiger partial charge in [0.05, 0.1) is 0 Å². The summed E-state index contributed by atoms with van der Waals surface area (Å²) in [6.45, 7) is 7.31. The molecule has 0 aliphatic heterocycles. The summed E-state index contributed by atoms with van der Waals surface area (Å²) in [7, 11) is 0. The van der Waals surface area contributed by atoms with Crippen LogP contribution in [0.25, 0.3) is 10.8 Å². The molecule has 0 fully saturated rings. The average Bonchev–Trinajstić information content (AvgIpc) is 2.31. The number of anilines is 1. The third kappa shape index (κ3) is 3.17. The van der Waals surface area contributed by atoms with Gasteiger partial charge in [-0.3, -0.25) is 10.1 Å². The Balaban J connectivity index is 2.31. The lowest BCUT2D eigenvalue weighted by Crippen LogP contribution is -2.27. The molecule has 20 heavy (non-hydrogen) atoms. The third-order valence-corrected chi connectivity index (χ3v) is 2.75. The Morgan fingerprint density at radius 2 is 1.95 bits per heavy atom. The molecule has 0 aliphatic carbocycles. The molecule has 0 unspecified atom stereocenters. The van der Waals surface area contributed by atoms with Crippen LogP contribution in [0.5, 0.6) is 0 Å². The van der Waals surface area contributed by atoms with Gasteiger partial charge in [-0.05, 0) is 56.8 Å². The maximum absolute atomic E-state index is 11.7. The number of fused-ring (bicyclic) bond motifs is 1. The van der Waals surface area contributed by atoms with E-state index in [0.29, 0.717) is 11.1 Å². The van der Waals surface area contributed by atoms with Crippen LogP contribution in [-0.2, 0) is 4.74 Å². The number of hydrogen-bond donors (Lipinski definition) is 2. The van der Waals surface area contributed by atoms with Crippen LogP contribution in [0.3, 0.4) is 0 Å². The smallest absolute Gasteiger partial charge is 0.412 e. The van der Waals surface area contributed by atoms with Crippen molar-refractivity contribution in [2.24, 2.45) is 0 Å². The van der Waals surface area contributed by atoms with Gasteiger partial charge in [-0.1, -0.05) is 0 Å². The highest BCUT2D eigenvalue weighted by atomic mass is 16.6. The molecule has 0 saturated carbocycles. The van der Waals surface area contributed by atoms with Crippen LogP contribution < -0.4 is 10.9 Å². The highest BCUT2D eigenvalue weighted by Gasteiger charge is 2.16. The van der Waals surface area contributed by atoms with Gasteiger partial charge in [-0.2, -0.15) is 0 Å². The third-order valence-electron chi connectivity index (χ3n) is 2.75. The topological polar surface area (TPSA) is 71.2 Å². The summed E-state index contributed by atoms with van der Waals surface area (Å²) in [6.07, 6.45) is 1.14. The molecular formula is C15H18N2O3. The van der Waals surface area contributed by atoms with Crippen molar-refractivity contribution in [3.63, 3.8) is 0 Å². The molecular weight excluding hydrogens is 256 g/mol. The van der Waals surface area contributed by atoms with Crippen molar-refractivity contribution in [1.29, 1.82) is 0 Å². The summed E-state index contributed by atoms with van der Waals surface area (Å²) >= 11 is 0. The minimum absolute atomic E-state index is 0.144. The Labute approximate surface area is 117 Å². The molecule has 1 aromatic heterocycles. The van der Waals surface area contributed by atoms with E-state index in [4.69, 9.17) is 4.74 Å². The van der Waals surface area contributed by atoms with E-state index in [1.807, 2.05) is 6.92 Å². The summed E-state index contributed by atoms with van der Waals surface area (Å²) in [5.74, 6) is 0. The van der Waals surface area contributed by atoms with Crippen molar-refractivity contribution in [2.45, 2.75) is 33.3 Å². The molecule has 5 heteroatoms. The molecule has 2 rings (SSSR count). The lowest BCUT2D eigenvalue weighted by molar-refractivity contribution is 0.0636. The lowest BCUT2D eigenvalue weighted by Gasteiger charge is -2.19. The second-order valence-electron chi connectivity index (χ2n) is 5.69. The first-order valence-electron chi connectivity index (χ1n) is 6.38. The molecule has 106 valence electrons. The SMILES string of the molecule is Cc1c[nH]c(=O)c2ccc(NC(=O)OC(C)(C)C)cc12. The van der Waals surface area contributed by atoms with E-state index in [1.165, 1.54) is 0 Å². The monoisotopic (exact) mass is 274 g/mol. The Hall–Kier alpha value is -2.30. The van der Waals surface area contributed by atoms with Gasteiger partial charge in [0.1, 0.15) is 5.60 Å². The first kappa shape index (κ1) is 14.1. The number of ether oxygens (including phenoxy) is 1. The molecule has 0 spiro atoms. The van der Waals surface area contributed by atoms with E-state index >= 15 is 0 Å². The van der Waals surface area contributed by atoms with E-state index in [-0.39, 0.29) is 5.56 Å². The van der Waals surface area contributed by atoms with Crippen LogP contribution in [0.2, 0.25) is 0 Å². The van der Waals surface area contributed by atoms with Gasteiger partial charge in [-0.15, -0.1) is 0 Å². The minimum Gasteiger partial charge on any atom is -0.444 e. The van der Waals surface area contributed by atoms with Crippen molar-refractivity contribution in [3.8, 4) is 0 Å². The predicted octanol–water partition coefficient (Wildman–Crippen LogP) is 3.18. The number of aryl methyl sites for hydroxylation is 1. The first-order valence-corrected chi connectivity index (χ1v) is 6.38.